The predicted octanol–water partition coefficient (Wildman–Crippen LogP) is 5.59. The lowest BCUT2D eigenvalue weighted by molar-refractivity contribution is 0.620. The Kier molecular flexibility index (Phi) is 3.49. The fraction of sp³-hybridized carbons (Fsp3) is 0.261. The largest absolute Gasteiger partial charge is 0.436 e. The summed E-state index contributed by atoms with van der Waals surface area (Å²) in [6, 6.07) is 17.3. The monoisotopic (exact) mass is 342 g/mol. The molecule has 26 heavy (non-hydrogen) atoms. The van der Waals surface area contributed by atoms with Gasteiger partial charge in [0, 0.05) is 30.4 Å². The Morgan fingerprint density at radius 2 is 1.77 bits per heavy atom. The molecule has 0 bridgehead atoms. The minimum atomic E-state index is 0.715. The lowest BCUT2D eigenvalue weighted by atomic mass is 10.00. The van der Waals surface area contributed by atoms with Gasteiger partial charge in [-0.2, -0.15) is 0 Å². The van der Waals surface area contributed by atoms with Gasteiger partial charge in [0.05, 0.1) is 0 Å². The zero-order valence-corrected chi connectivity index (χ0v) is 15.2. The summed E-state index contributed by atoms with van der Waals surface area (Å²) < 4.78 is 6.20. The van der Waals surface area contributed by atoms with E-state index in [1.807, 2.05) is 0 Å². The quantitative estimate of drug-likeness (QED) is 0.484. The average Bonchev–Trinajstić information content (AvgIpc) is 3.28. The van der Waals surface area contributed by atoms with E-state index in [0.29, 0.717) is 5.89 Å². The van der Waals surface area contributed by atoms with Crippen LogP contribution in [-0.4, -0.2) is 18.1 Å². The zero-order valence-electron chi connectivity index (χ0n) is 15.2. The first-order valence-corrected chi connectivity index (χ1v) is 9.48. The average molecular weight is 342 g/mol. The van der Waals surface area contributed by atoms with Gasteiger partial charge in [-0.05, 0) is 66.8 Å². The molecule has 0 saturated heterocycles. The normalized spacial score (nSPS) is 13.0. The Morgan fingerprint density at radius 3 is 2.58 bits per heavy atom. The molecule has 4 aromatic rings. The standard InChI is InChI=1S/C23H22N2O/c1-3-25(4-2)17-11-13-20-21(14-17)26-23(24-20)19-12-10-16-9-8-15-6-5-7-18(19)22(15)16/h5-7,10-14H,3-4,8-9H2,1-2H3. The summed E-state index contributed by atoms with van der Waals surface area (Å²) >= 11 is 0. The van der Waals surface area contributed by atoms with Gasteiger partial charge in [-0.1, -0.05) is 24.3 Å². The fourth-order valence-corrected chi connectivity index (χ4v) is 4.25. The number of fused-ring (bicyclic) bond motifs is 1. The van der Waals surface area contributed by atoms with Crippen LogP contribution in [0, 0.1) is 0 Å². The SMILES string of the molecule is CCN(CC)c1ccc2nc(-c3ccc4c5c(cccc35)CC4)oc2c1. The highest BCUT2D eigenvalue weighted by molar-refractivity contribution is 6.00. The van der Waals surface area contributed by atoms with E-state index >= 15 is 0 Å². The van der Waals surface area contributed by atoms with Crippen LogP contribution in [0.4, 0.5) is 5.69 Å². The van der Waals surface area contributed by atoms with Crippen molar-refractivity contribution in [3.8, 4) is 11.5 Å². The van der Waals surface area contributed by atoms with Gasteiger partial charge < -0.3 is 9.32 Å². The van der Waals surface area contributed by atoms with E-state index < -0.39 is 0 Å². The van der Waals surface area contributed by atoms with Gasteiger partial charge >= 0.3 is 0 Å². The summed E-state index contributed by atoms with van der Waals surface area (Å²) in [6.07, 6.45) is 2.27. The number of hydrogen-bond donors (Lipinski definition) is 0. The number of nitrogens with zero attached hydrogens (tertiary/aromatic N) is 2. The molecule has 3 nitrogen and oxygen atoms in total. The van der Waals surface area contributed by atoms with Crippen molar-refractivity contribution in [2.75, 3.05) is 18.0 Å². The highest BCUT2D eigenvalue weighted by Gasteiger charge is 2.19. The van der Waals surface area contributed by atoms with Crippen molar-refractivity contribution in [3.05, 3.63) is 59.7 Å². The highest BCUT2D eigenvalue weighted by atomic mass is 16.3. The molecule has 130 valence electrons. The molecule has 0 spiro atoms. The van der Waals surface area contributed by atoms with E-state index in [9.17, 15) is 0 Å². The predicted molar refractivity (Wildman–Crippen MR) is 108 cm³/mol. The number of oxazole rings is 1. The van der Waals surface area contributed by atoms with Crippen LogP contribution in [0.15, 0.2) is 52.9 Å². The van der Waals surface area contributed by atoms with Gasteiger partial charge in [0.1, 0.15) is 5.52 Å². The minimum absolute atomic E-state index is 0.715. The molecule has 0 atom stereocenters. The van der Waals surface area contributed by atoms with Gasteiger partial charge in [0.25, 0.3) is 0 Å². The van der Waals surface area contributed by atoms with Crippen molar-refractivity contribution < 1.29 is 4.42 Å². The van der Waals surface area contributed by atoms with E-state index in [1.165, 1.54) is 27.6 Å². The number of anilines is 1. The van der Waals surface area contributed by atoms with Gasteiger partial charge in [0.2, 0.25) is 5.89 Å². The first-order chi connectivity index (χ1) is 12.8. The molecule has 0 N–H and O–H groups in total. The molecule has 0 radical (unpaired) electrons. The van der Waals surface area contributed by atoms with Gasteiger partial charge in [-0.3, -0.25) is 0 Å². The van der Waals surface area contributed by atoms with Crippen molar-refractivity contribution >= 4 is 27.6 Å². The van der Waals surface area contributed by atoms with Gasteiger partial charge in [0.15, 0.2) is 5.58 Å². The lowest BCUT2D eigenvalue weighted by Crippen LogP contribution is -2.21. The summed E-state index contributed by atoms with van der Waals surface area (Å²) in [4.78, 5) is 7.10. The molecule has 0 unspecified atom stereocenters. The maximum Gasteiger partial charge on any atom is 0.227 e. The van der Waals surface area contributed by atoms with Crippen LogP contribution in [0.3, 0.4) is 0 Å². The Labute approximate surface area is 153 Å². The summed E-state index contributed by atoms with van der Waals surface area (Å²) in [5.74, 6) is 0.715. The summed E-state index contributed by atoms with van der Waals surface area (Å²) in [7, 11) is 0. The number of benzene rings is 3. The molecule has 3 aromatic carbocycles. The molecule has 1 aliphatic rings. The van der Waals surface area contributed by atoms with Crippen molar-refractivity contribution in [1.82, 2.24) is 4.98 Å². The van der Waals surface area contributed by atoms with E-state index in [1.54, 1.807) is 0 Å². The van der Waals surface area contributed by atoms with Crippen LogP contribution in [0.1, 0.15) is 25.0 Å². The van der Waals surface area contributed by atoms with Crippen LogP contribution in [0.5, 0.6) is 0 Å². The van der Waals surface area contributed by atoms with Crippen molar-refractivity contribution in [2.45, 2.75) is 26.7 Å². The van der Waals surface area contributed by atoms with Crippen LogP contribution in [0.25, 0.3) is 33.3 Å². The fourth-order valence-electron chi connectivity index (χ4n) is 4.25. The van der Waals surface area contributed by atoms with E-state index in [0.717, 1.165) is 42.6 Å². The maximum atomic E-state index is 6.20. The smallest absolute Gasteiger partial charge is 0.227 e. The van der Waals surface area contributed by atoms with Gasteiger partial charge in [-0.15, -0.1) is 0 Å². The third-order valence-corrected chi connectivity index (χ3v) is 5.61. The van der Waals surface area contributed by atoms with Crippen molar-refractivity contribution in [2.24, 2.45) is 0 Å². The second-order valence-corrected chi connectivity index (χ2v) is 6.96. The number of rotatable bonds is 4. The number of aromatic nitrogens is 1. The molecule has 0 amide bonds. The molecule has 5 rings (SSSR count). The topological polar surface area (TPSA) is 29.3 Å². The lowest BCUT2D eigenvalue weighted by Gasteiger charge is -2.20. The first kappa shape index (κ1) is 15.4. The first-order valence-electron chi connectivity index (χ1n) is 9.48. The summed E-state index contributed by atoms with van der Waals surface area (Å²) in [5, 5.41) is 2.66. The summed E-state index contributed by atoms with van der Waals surface area (Å²) in [5.41, 5.74) is 6.93. The van der Waals surface area contributed by atoms with Crippen LogP contribution >= 0.6 is 0 Å². The number of hydrogen-bond acceptors (Lipinski definition) is 3. The number of aryl methyl sites for hydroxylation is 2. The van der Waals surface area contributed by atoms with Crippen molar-refractivity contribution in [3.63, 3.8) is 0 Å². The molecule has 0 fully saturated rings. The minimum Gasteiger partial charge on any atom is -0.436 e. The zero-order chi connectivity index (χ0) is 17.7. The summed E-state index contributed by atoms with van der Waals surface area (Å²) in [6.45, 7) is 6.31. The van der Waals surface area contributed by atoms with E-state index in [-0.39, 0.29) is 0 Å². The van der Waals surface area contributed by atoms with E-state index in [2.05, 4.69) is 67.3 Å². The van der Waals surface area contributed by atoms with Crippen LogP contribution in [-0.2, 0) is 12.8 Å². The molecular formula is C23H22N2O. The Morgan fingerprint density at radius 1 is 0.962 bits per heavy atom. The molecular weight excluding hydrogens is 320 g/mol. The van der Waals surface area contributed by atoms with Crippen molar-refractivity contribution in [1.29, 1.82) is 0 Å². The third kappa shape index (κ3) is 2.23. The Bertz CT molecular complexity index is 1110. The van der Waals surface area contributed by atoms with Crippen LogP contribution < -0.4 is 4.90 Å². The highest BCUT2D eigenvalue weighted by Crippen LogP contribution is 2.37. The molecule has 1 heterocycles. The second-order valence-electron chi connectivity index (χ2n) is 6.96. The van der Waals surface area contributed by atoms with Gasteiger partial charge in [-0.25, -0.2) is 4.98 Å². The molecule has 1 aliphatic carbocycles. The Balaban J connectivity index is 1.67. The molecule has 1 aromatic heterocycles. The molecule has 0 aliphatic heterocycles. The Hall–Kier alpha value is -2.81. The van der Waals surface area contributed by atoms with E-state index in [4.69, 9.17) is 9.40 Å². The molecule has 3 heteroatoms. The third-order valence-electron chi connectivity index (χ3n) is 5.61. The second kappa shape index (κ2) is 5.87. The molecule has 0 saturated carbocycles. The maximum absolute atomic E-state index is 6.20. The van der Waals surface area contributed by atoms with Crippen LogP contribution in [0.2, 0.25) is 0 Å².